The van der Waals surface area contributed by atoms with Crippen molar-refractivity contribution in [3.63, 3.8) is 0 Å². The Morgan fingerprint density at radius 2 is 2.14 bits per heavy atom. The van der Waals surface area contributed by atoms with Crippen LogP contribution in [0, 0.1) is 5.82 Å². The van der Waals surface area contributed by atoms with Gasteiger partial charge in [0.2, 0.25) is 5.91 Å². The van der Waals surface area contributed by atoms with E-state index < -0.39 is 23.5 Å². The van der Waals surface area contributed by atoms with E-state index in [0.29, 0.717) is 31.9 Å². The summed E-state index contributed by atoms with van der Waals surface area (Å²) in [7, 11) is 0. The van der Waals surface area contributed by atoms with Gasteiger partial charge in [0.1, 0.15) is 5.82 Å². The SMILES string of the molecule is O=C(CC1COCCN1)Nc1cc(F)cc(C(F)(F)F)c1. The van der Waals surface area contributed by atoms with Crippen LogP contribution in [0.4, 0.5) is 23.2 Å². The maximum Gasteiger partial charge on any atom is 0.416 e. The quantitative estimate of drug-likeness (QED) is 0.842. The molecule has 1 aliphatic heterocycles. The number of amides is 1. The van der Waals surface area contributed by atoms with E-state index in [1.807, 2.05) is 0 Å². The fourth-order valence-electron chi connectivity index (χ4n) is 2.01. The minimum atomic E-state index is -4.67. The molecule has 116 valence electrons. The number of rotatable bonds is 3. The largest absolute Gasteiger partial charge is 0.416 e. The Balaban J connectivity index is 2.01. The Kier molecular flexibility index (Phi) is 4.79. The van der Waals surface area contributed by atoms with Gasteiger partial charge < -0.3 is 15.4 Å². The van der Waals surface area contributed by atoms with E-state index in [1.165, 1.54) is 0 Å². The fourth-order valence-corrected chi connectivity index (χ4v) is 2.01. The second-order valence-electron chi connectivity index (χ2n) is 4.70. The molecule has 1 heterocycles. The van der Waals surface area contributed by atoms with Crippen molar-refractivity contribution >= 4 is 11.6 Å². The molecule has 0 aromatic heterocycles. The normalized spacial score (nSPS) is 19.3. The minimum absolute atomic E-state index is 0.0395. The second-order valence-corrected chi connectivity index (χ2v) is 4.70. The van der Waals surface area contributed by atoms with Crippen LogP contribution in [-0.2, 0) is 15.7 Å². The van der Waals surface area contributed by atoms with Crippen molar-refractivity contribution in [2.45, 2.75) is 18.6 Å². The Morgan fingerprint density at radius 1 is 1.38 bits per heavy atom. The van der Waals surface area contributed by atoms with E-state index in [1.54, 1.807) is 0 Å². The molecule has 1 unspecified atom stereocenters. The summed E-state index contributed by atoms with van der Waals surface area (Å²) in [5, 5.41) is 5.31. The standard InChI is InChI=1S/C13H14F4N2O2/c14-9-3-8(13(15,16)17)4-10(5-9)19-12(20)6-11-7-21-2-1-18-11/h3-5,11,18H,1-2,6-7H2,(H,19,20). The first-order chi connectivity index (χ1) is 9.84. The minimum Gasteiger partial charge on any atom is -0.378 e. The molecule has 0 radical (unpaired) electrons. The number of ether oxygens (including phenoxy) is 1. The zero-order chi connectivity index (χ0) is 15.5. The van der Waals surface area contributed by atoms with E-state index in [9.17, 15) is 22.4 Å². The van der Waals surface area contributed by atoms with Crippen LogP contribution >= 0.6 is 0 Å². The van der Waals surface area contributed by atoms with Crippen molar-refractivity contribution in [1.82, 2.24) is 5.32 Å². The van der Waals surface area contributed by atoms with Crippen LogP contribution in [-0.4, -0.2) is 31.7 Å². The van der Waals surface area contributed by atoms with Crippen LogP contribution in [0.25, 0.3) is 0 Å². The average molecular weight is 306 g/mol. The molecule has 1 aliphatic rings. The van der Waals surface area contributed by atoms with Gasteiger partial charge in [-0.05, 0) is 18.2 Å². The summed E-state index contributed by atoms with van der Waals surface area (Å²) >= 11 is 0. The molecule has 1 atom stereocenters. The third kappa shape index (κ3) is 4.68. The Labute approximate surface area is 118 Å². The van der Waals surface area contributed by atoms with Gasteiger partial charge in [-0.15, -0.1) is 0 Å². The average Bonchev–Trinajstić information content (AvgIpc) is 2.37. The van der Waals surface area contributed by atoms with Crippen LogP contribution in [0.1, 0.15) is 12.0 Å². The maximum atomic E-state index is 13.2. The van der Waals surface area contributed by atoms with Crippen LogP contribution in [0.15, 0.2) is 18.2 Å². The zero-order valence-corrected chi connectivity index (χ0v) is 11.0. The molecule has 2 rings (SSSR count). The van der Waals surface area contributed by atoms with Crippen molar-refractivity contribution in [1.29, 1.82) is 0 Å². The molecule has 0 saturated carbocycles. The lowest BCUT2D eigenvalue weighted by atomic mass is 10.1. The Morgan fingerprint density at radius 3 is 2.76 bits per heavy atom. The number of alkyl halides is 3. The fraction of sp³-hybridized carbons (Fsp3) is 0.462. The summed E-state index contributed by atoms with van der Waals surface area (Å²) in [5.74, 6) is -1.56. The lowest BCUT2D eigenvalue weighted by Crippen LogP contribution is -2.43. The summed E-state index contributed by atoms with van der Waals surface area (Å²) < 4.78 is 56.0. The van der Waals surface area contributed by atoms with E-state index >= 15 is 0 Å². The Bertz CT molecular complexity index is 513. The third-order valence-corrected chi connectivity index (χ3v) is 2.94. The number of carbonyl (C=O) groups is 1. The molecule has 2 N–H and O–H groups in total. The number of hydrogen-bond acceptors (Lipinski definition) is 3. The number of morpholine rings is 1. The molecule has 0 bridgehead atoms. The molecule has 1 amide bonds. The van der Waals surface area contributed by atoms with Crippen LogP contribution in [0.2, 0.25) is 0 Å². The summed E-state index contributed by atoms with van der Waals surface area (Å²) in [6.45, 7) is 1.51. The molecule has 8 heteroatoms. The van der Waals surface area contributed by atoms with Gasteiger partial charge in [0.05, 0.1) is 18.8 Å². The monoisotopic (exact) mass is 306 g/mol. The number of nitrogens with one attached hydrogen (secondary N) is 2. The van der Waals surface area contributed by atoms with Gasteiger partial charge in [0, 0.05) is 24.7 Å². The highest BCUT2D eigenvalue weighted by atomic mass is 19.4. The van der Waals surface area contributed by atoms with Gasteiger partial charge in [-0.2, -0.15) is 13.2 Å². The highest BCUT2D eigenvalue weighted by Crippen LogP contribution is 2.31. The second kappa shape index (κ2) is 6.40. The molecule has 21 heavy (non-hydrogen) atoms. The summed E-state index contributed by atoms with van der Waals surface area (Å²) in [4.78, 5) is 11.7. The molecule has 4 nitrogen and oxygen atoms in total. The topological polar surface area (TPSA) is 50.4 Å². The highest BCUT2D eigenvalue weighted by Gasteiger charge is 2.31. The number of anilines is 1. The molecule has 1 aromatic rings. The first-order valence-corrected chi connectivity index (χ1v) is 6.33. The molecule has 1 aromatic carbocycles. The number of carbonyl (C=O) groups excluding carboxylic acids is 1. The predicted octanol–water partition coefficient (Wildman–Crippen LogP) is 2.16. The van der Waals surface area contributed by atoms with Crippen molar-refractivity contribution in [3.05, 3.63) is 29.6 Å². The maximum absolute atomic E-state index is 13.2. The van der Waals surface area contributed by atoms with Gasteiger partial charge in [-0.25, -0.2) is 4.39 Å². The van der Waals surface area contributed by atoms with Crippen LogP contribution < -0.4 is 10.6 Å². The third-order valence-electron chi connectivity index (χ3n) is 2.94. The smallest absolute Gasteiger partial charge is 0.378 e. The van der Waals surface area contributed by atoms with Crippen molar-refractivity contribution in [3.8, 4) is 0 Å². The number of hydrogen-bond donors (Lipinski definition) is 2. The van der Waals surface area contributed by atoms with E-state index in [0.717, 1.165) is 6.07 Å². The first-order valence-electron chi connectivity index (χ1n) is 6.33. The van der Waals surface area contributed by atoms with Gasteiger partial charge >= 0.3 is 6.18 Å². The van der Waals surface area contributed by atoms with Crippen molar-refractivity contribution in [2.24, 2.45) is 0 Å². The van der Waals surface area contributed by atoms with E-state index in [-0.39, 0.29) is 18.2 Å². The zero-order valence-electron chi connectivity index (χ0n) is 11.0. The van der Waals surface area contributed by atoms with Crippen molar-refractivity contribution < 1.29 is 27.1 Å². The molecule has 1 fully saturated rings. The Hall–Kier alpha value is -1.67. The number of halogens is 4. The lowest BCUT2D eigenvalue weighted by molar-refractivity contribution is -0.137. The van der Waals surface area contributed by atoms with Gasteiger partial charge in [0.25, 0.3) is 0 Å². The molecule has 1 saturated heterocycles. The van der Waals surface area contributed by atoms with E-state index in [4.69, 9.17) is 4.74 Å². The molecule has 0 spiro atoms. The molecular weight excluding hydrogens is 292 g/mol. The van der Waals surface area contributed by atoms with Gasteiger partial charge in [-0.3, -0.25) is 4.79 Å². The lowest BCUT2D eigenvalue weighted by Gasteiger charge is -2.23. The first kappa shape index (κ1) is 15.7. The highest BCUT2D eigenvalue weighted by molar-refractivity contribution is 5.91. The van der Waals surface area contributed by atoms with E-state index in [2.05, 4.69) is 10.6 Å². The van der Waals surface area contributed by atoms with Crippen LogP contribution in [0.5, 0.6) is 0 Å². The van der Waals surface area contributed by atoms with Gasteiger partial charge in [-0.1, -0.05) is 0 Å². The van der Waals surface area contributed by atoms with Crippen molar-refractivity contribution in [2.75, 3.05) is 25.1 Å². The van der Waals surface area contributed by atoms with Gasteiger partial charge in [0.15, 0.2) is 0 Å². The van der Waals surface area contributed by atoms with Crippen LogP contribution in [0.3, 0.4) is 0 Å². The summed E-state index contributed by atoms with van der Waals surface area (Å²) in [6, 6.07) is 1.73. The molecule has 0 aliphatic carbocycles. The predicted molar refractivity (Wildman–Crippen MR) is 67.3 cm³/mol. The summed E-state index contributed by atoms with van der Waals surface area (Å²) in [5.41, 5.74) is -1.36. The number of benzene rings is 1. The molecular formula is C13H14F4N2O2. The summed E-state index contributed by atoms with van der Waals surface area (Å²) in [6.07, 6.45) is -4.63.